The highest BCUT2D eigenvalue weighted by Gasteiger charge is 2.32. The number of Topliss-reactive ketones (excluding diaryl/α,β-unsaturated/α-hetero) is 1. The number of halogens is 1. The molecule has 3 rings (SSSR count). The van der Waals surface area contributed by atoms with Crippen molar-refractivity contribution in [2.24, 2.45) is 0 Å². The largest absolute Gasteiger partial charge is 0.483 e. The Balaban J connectivity index is 1.80. The predicted molar refractivity (Wildman–Crippen MR) is 115 cm³/mol. The summed E-state index contributed by atoms with van der Waals surface area (Å²) in [7, 11) is -0.813. The first-order valence-electron chi connectivity index (χ1n) is 9.75. The molecular weight excluding hydrogens is 423 g/mol. The van der Waals surface area contributed by atoms with E-state index in [1.54, 1.807) is 26.8 Å². The number of carbonyl (C=O) groups is 2. The molecule has 0 aromatic heterocycles. The third kappa shape index (κ3) is 4.33. The Morgan fingerprint density at radius 2 is 1.94 bits per heavy atom. The highest BCUT2D eigenvalue weighted by Crippen LogP contribution is 2.39. The Kier molecular flexibility index (Phi) is 6.20. The zero-order valence-corrected chi connectivity index (χ0v) is 18.9. The molecule has 1 aliphatic carbocycles. The third-order valence-corrected chi connectivity index (χ3v) is 7.26. The molecule has 1 amide bonds. The van der Waals surface area contributed by atoms with Gasteiger partial charge < -0.3 is 10.1 Å². The zero-order chi connectivity index (χ0) is 23.1. The normalized spacial score (nSPS) is 15.8. The van der Waals surface area contributed by atoms with Gasteiger partial charge in [-0.3, -0.25) is 9.59 Å². The molecular formula is C22H25FN2O5S. The number of ether oxygens (including phenoxy) is 1. The fraction of sp³-hybridized carbons (Fsp3) is 0.364. The number of anilines is 1. The van der Waals surface area contributed by atoms with Crippen molar-refractivity contribution < 1.29 is 27.1 Å². The molecule has 0 bridgehead atoms. The Labute approximate surface area is 181 Å². The van der Waals surface area contributed by atoms with Crippen LogP contribution in [-0.4, -0.2) is 45.1 Å². The molecule has 1 unspecified atom stereocenters. The summed E-state index contributed by atoms with van der Waals surface area (Å²) in [6.45, 7) is 4.88. The highest BCUT2D eigenvalue weighted by atomic mass is 32.2. The smallest absolute Gasteiger partial charge is 0.262 e. The maximum atomic E-state index is 14.1. The van der Waals surface area contributed by atoms with Gasteiger partial charge in [0.25, 0.3) is 5.91 Å². The lowest BCUT2D eigenvalue weighted by Crippen LogP contribution is -2.24. The monoisotopic (exact) mass is 448 g/mol. The maximum absolute atomic E-state index is 14.1. The van der Waals surface area contributed by atoms with E-state index in [-0.39, 0.29) is 34.3 Å². The van der Waals surface area contributed by atoms with Gasteiger partial charge in [-0.05, 0) is 55.2 Å². The Morgan fingerprint density at radius 1 is 1.26 bits per heavy atom. The van der Waals surface area contributed by atoms with E-state index < -0.39 is 28.4 Å². The van der Waals surface area contributed by atoms with Crippen LogP contribution in [0.25, 0.3) is 0 Å². The molecule has 0 spiro atoms. The fourth-order valence-corrected chi connectivity index (χ4v) is 4.61. The summed E-state index contributed by atoms with van der Waals surface area (Å²) in [6.07, 6.45) is 0.199. The number of fused-ring (bicyclic) bond motifs is 1. The van der Waals surface area contributed by atoms with Gasteiger partial charge in [0.15, 0.2) is 12.4 Å². The Morgan fingerprint density at radius 3 is 2.58 bits per heavy atom. The van der Waals surface area contributed by atoms with E-state index in [9.17, 15) is 22.4 Å². The van der Waals surface area contributed by atoms with E-state index >= 15 is 0 Å². The van der Waals surface area contributed by atoms with Crippen LogP contribution in [0.5, 0.6) is 5.75 Å². The first-order chi connectivity index (χ1) is 14.4. The van der Waals surface area contributed by atoms with Crippen LogP contribution in [0.4, 0.5) is 10.1 Å². The number of ketones is 1. The van der Waals surface area contributed by atoms with Crippen LogP contribution in [0, 0.1) is 19.7 Å². The summed E-state index contributed by atoms with van der Waals surface area (Å²) in [5.74, 6) is -1.29. The number of rotatable bonds is 6. The summed E-state index contributed by atoms with van der Waals surface area (Å²) in [4.78, 5) is 24.8. The number of nitrogens with zero attached hydrogens (tertiary/aromatic N) is 1. The number of benzene rings is 2. The second kappa shape index (κ2) is 8.39. The number of hydrogen-bond donors (Lipinski definition) is 1. The van der Waals surface area contributed by atoms with Gasteiger partial charge in [-0.15, -0.1) is 0 Å². The van der Waals surface area contributed by atoms with Crippen LogP contribution in [0.2, 0.25) is 0 Å². The van der Waals surface area contributed by atoms with Gasteiger partial charge in [0.05, 0.1) is 10.5 Å². The summed E-state index contributed by atoms with van der Waals surface area (Å²) >= 11 is 0. The van der Waals surface area contributed by atoms with E-state index in [0.29, 0.717) is 16.8 Å². The average molecular weight is 449 g/mol. The van der Waals surface area contributed by atoms with Crippen molar-refractivity contribution in [2.45, 2.75) is 38.0 Å². The molecule has 7 nitrogen and oxygen atoms in total. The third-order valence-electron chi connectivity index (χ3n) is 5.47. The van der Waals surface area contributed by atoms with Crippen molar-refractivity contribution in [3.05, 3.63) is 52.3 Å². The van der Waals surface area contributed by atoms with Crippen molar-refractivity contribution in [1.29, 1.82) is 0 Å². The van der Waals surface area contributed by atoms with Gasteiger partial charge in [0.1, 0.15) is 11.6 Å². The zero-order valence-electron chi connectivity index (χ0n) is 18.1. The summed E-state index contributed by atoms with van der Waals surface area (Å²) in [5, 5.41) is 2.67. The first-order valence-corrected chi connectivity index (χ1v) is 11.2. The van der Waals surface area contributed by atoms with Crippen molar-refractivity contribution in [3.8, 4) is 5.75 Å². The first kappa shape index (κ1) is 22.9. The number of sulfonamides is 1. The van der Waals surface area contributed by atoms with Crippen molar-refractivity contribution in [2.75, 3.05) is 26.0 Å². The molecule has 0 radical (unpaired) electrons. The minimum Gasteiger partial charge on any atom is -0.483 e. The summed E-state index contributed by atoms with van der Waals surface area (Å²) < 4.78 is 45.7. The van der Waals surface area contributed by atoms with Crippen LogP contribution >= 0.6 is 0 Å². The molecule has 0 aliphatic heterocycles. The number of carbonyl (C=O) groups excluding carboxylic acids is 2. The topological polar surface area (TPSA) is 92.8 Å². The van der Waals surface area contributed by atoms with E-state index in [2.05, 4.69) is 5.32 Å². The molecule has 0 saturated carbocycles. The van der Waals surface area contributed by atoms with Crippen LogP contribution in [0.3, 0.4) is 0 Å². The van der Waals surface area contributed by atoms with Gasteiger partial charge in [0, 0.05) is 31.8 Å². The molecule has 166 valence electrons. The van der Waals surface area contributed by atoms with Crippen molar-refractivity contribution >= 4 is 27.4 Å². The molecule has 1 N–H and O–H groups in total. The Bertz CT molecular complexity index is 1170. The van der Waals surface area contributed by atoms with Crippen LogP contribution in [-0.2, 0) is 14.8 Å². The summed E-state index contributed by atoms with van der Waals surface area (Å²) in [6, 6.07) is 5.52. The SMILES string of the molecule is Cc1cc(S(=O)(=O)N(C)C)cc(NC(=O)COc2ccc(F)c3c2C(=O)CC3C)c1C. The van der Waals surface area contributed by atoms with Gasteiger partial charge in [0.2, 0.25) is 10.0 Å². The van der Waals surface area contributed by atoms with E-state index in [1.165, 1.54) is 32.3 Å². The van der Waals surface area contributed by atoms with Crippen LogP contribution in [0.1, 0.15) is 46.3 Å². The van der Waals surface area contributed by atoms with E-state index in [1.807, 2.05) is 0 Å². The van der Waals surface area contributed by atoms with Crippen LogP contribution in [0.15, 0.2) is 29.2 Å². The highest BCUT2D eigenvalue weighted by molar-refractivity contribution is 7.89. The summed E-state index contributed by atoms with van der Waals surface area (Å²) in [5.41, 5.74) is 2.28. The van der Waals surface area contributed by atoms with E-state index in [4.69, 9.17) is 4.74 Å². The molecule has 2 aromatic rings. The van der Waals surface area contributed by atoms with Gasteiger partial charge in [-0.25, -0.2) is 17.1 Å². The molecule has 0 saturated heterocycles. The van der Waals surface area contributed by atoms with Crippen molar-refractivity contribution in [3.63, 3.8) is 0 Å². The molecule has 2 aromatic carbocycles. The number of hydrogen-bond acceptors (Lipinski definition) is 5. The number of aryl methyl sites for hydroxylation is 1. The fourth-order valence-electron chi connectivity index (χ4n) is 3.59. The second-order valence-electron chi connectivity index (χ2n) is 7.90. The lowest BCUT2D eigenvalue weighted by molar-refractivity contribution is -0.118. The van der Waals surface area contributed by atoms with E-state index in [0.717, 1.165) is 9.87 Å². The standard InChI is InChI=1S/C22H25FN2O5S/c1-12-8-15(31(28,29)25(4)5)10-17(14(12)3)24-20(27)11-30-19-7-6-16(23)21-13(2)9-18(26)22(19)21/h6-8,10,13H,9,11H2,1-5H3,(H,24,27). The van der Waals surface area contributed by atoms with Gasteiger partial charge in [-0.1, -0.05) is 6.92 Å². The molecule has 9 heteroatoms. The molecule has 31 heavy (non-hydrogen) atoms. The number of nitrogens with one attached hydrogen (secondary N) is 1. The average Bonchev–Trinajstić information content (AvgIpc) is 2.99. The molecule has 0 fully saturated rings. The van der Waals surface area contributed by atoms with Gasteiger partial charge in [-0.2, -0.15) is 0 Å². The lowest BCUT2D eigenvalue weighted by Gasteiger charge is -2.17. The minimum absolute atomic E-state index is 0.0627. The second-order valence-corrected chi connectivity index (χ2v) is 10.1. The van der Waals surface area contributed by atoms with Gasteiger partial charge >= 0.3 is 0 Å². The molecule has 0 heterocycles. The quantitative estimate of drug-likeness (QED) is 0.731. The predicted octanol–water partition coefficient (Wildman–Crippen LogP) is 3.40. The Hall–Kier alpha value is -2.78. The lowest BCUT2D eigenvalue weighted by atomic mass is 10.0. The minimum atomic E-state index is -3.67. The maximum Gasteiger partial charge on any atom is 0.262 e. The van der Waals surface area contributed by atoms with Crippen molar-refractivity contribution in [1.82, 2.24) is 4.31 Å². The van der Waals surface area contributed by atoms with Crippen LogP contribution < -0.4 is 10.1 Å². The number of amides is 1. The molecule has 1 atom stereocenters. The molecule has 1 aliphatic rings.